The standard InChI is InChI=1S/C14H19BrO3/c1-3-4-5-13(10-17-2)18-14(16)11-6-8-12(15)9-7-11/h6-9,13H,3-5,10H2,1-2H3. The van der Waals surface area contributed by atoms with Gasteiger partial charge in [-0.05, 0) is 37.1 Å². The number of unbranched alkanes of at least 4 members (excludes halogenated alkanes) is 1. The minimum absolute atomic E-state index is 0.161. The zero-order valence-corrected chi connectivity index (χ0v) is 12.4. The summed E-state index contributed by atoms with van der Waals surface area (Å²) in [6.45, 7) is 2.56. The van der Waals surface area contributed by atoms with E-state index in [4.69, 9.17) is 9.47 Å². The number of halogens is 1. The highest BCUT2D eigenvalue weighted by Crippen LogP contribution is 2.13. The molecule has 0 radical (unpaired) electrons. The minimum Gasteiger partial charge on any atom is -0.456 e. The van der Waals surface area contributed by atoms with Crippen LogP contribution in [-0.4, -0.2) is 25.8 Å². The number of methoxy groups -OCH3 is 1. The third-order valence-corrected chi connectivity index (χ3v) is 3.11. The Labute approximate surface area is 117 Å². The van der Waals surface area contributed by atoms with Gasteiger partial charge >= 0.3 is 5.97 Å². The van der Waals surface area contributed by atoms with Gasteiger partial charge in [0.15, 0.2) is 0 Å². The van der Waals surface area contributed by atoms with Crippen LogP contribution in [0.2, 0.25) is 0 Å². The van der Waals surface area contributed by atoms with E-state index >= 15 is 0 Å². The van der Waals surface area contributed by atoms with Crippen LogP contribution in [0.25, 0.3) is 0 Å². The molecule has 3 nitrogen and oxygen atoms in total. The van der Waals surface area contributed by atoms with Crippen molar-refractivity contribution >= 4 is 21.9 Å². The Bertz CT molecular complexity index is 362. The fraction of sp³-hybridized carbons (Fsp3) is 0.500. The molecule has 0 bridgehead atoms. The first-order valence-electron chi connectivity index (χ1n) is 6.12. The molecule has 0 aliphatic rings. The number of benzene rings is 1. The van der Waals surface area contributed by atoms with Gasteiger partial charge < -0.3 is 9.47 Å². The van der Waals surface area contributed by atoms with Gasteiger partial charge in [-0.25, -0.2) is 4.79 Å². The lowest BCUT2D eigenvalue weighted by atomic mass is 10.1. The van der Waals surface area contributed by atoms with E-state index in [1.807, 2.05) is 12.1 Å². The molecule has 0 saturated heterocycles. The summed E-state index contributed by atoms with van der Waals surface area (Å²) in [5.74, 6) is -0.291. The molecule has 0 heterocycles. The zero-order chi connectivity index (χ0) is 13.4. The largest absolute Gasteiger partial charge is 0.456 e. The van der Waals surface area contributed by atoms with Crippen molar-refractivity contribution in [1.82, 2.24) is 0 Å². The highest BCUT2D eigenvalue weighted by Gasteiger charge is 2.15. The van der Waals surface area contributed by atoms with Gasteiger partial charge in [0.1, 0.15) is 6.10 Å². The third kappa shape index (κ3) is 5.19. The molecule has 0 amide bonds. The number of hydrogen-bond donors (Lipinski definition) is 0. The Morgan fingerprint density at radius 3 is 2.56 bits per heavy atom. The fourth-order valence-corrected chi connectivity index (χ4v) is 1.86. The smallest absolute Gasteiger partial charge is 0.338 e. The second-order valence-electron chi connectivity index (χ2n) is 4.13. The molecule has 1 aromatic rings. The van der Waals surface area contributed by atoms with Crippen molar-refractivity contribution in [3.8, 4) is 0 Å². The van der Waals surface area contributed by atoms with Crippen LogP contribution in [0.4, 0.5) is 0 Å². The predicted octanol–water partition coefficient (Wildman–Crippen LogP) is 3.81. The molecule has 0 aliphatic carbocycles. The molecule has 0 aromatic heterocycles. The lowest BCUT2D eigenvalue weighted by Crippen LogP contribution is -2.23. The molecule has 0 spiro atoms. The van der Waals surface area contributed by atoms with Crippen molar-refractivity contribution in [2.75, 3.05) is 13.7 Å². The summed E-state index contributed by atoms with van der Waals surface area (Å²) in [4.78, 5) is 11.9. The minimum atomic E-state index is -0.291. The van der Waals surface area contributed by atoms with Gasteiger partial charge in [-0.1, -0.05) is 29.3 Å². The normalized spacial score (nSPS) is 12.2. The second kappa shape index (κ2) is 8.27. The maximum Gasteiger partial charge on any atom is 0.338 e. The van der Waals surface area contributed by atoms with E-state index in [2.05, 4.69) is 22.9 Å². The van der Waals surface area contributed by atoms with Crippen molar-refractivity contribution in [3.05, 3.63) is 34.3 Å². The molecule has 4 heteroatoms. The van der Waals surface area contributed by atoms with E-state index in [0.29, 0.717) is 12.2 Å². The first-order chi connectivity index (χ1) is 8.67. The zero-order valence-electron chi connectivity index (χ0n) is 10.8. The van der Waals surface area contributed by atoms with E-state index < -0.39 is 0 Å². The third-order valence-electron chi connectivity index (χ3n) is 2.59. The summed E-state index contributed by atoms with van der Waals surface area (Å²) >= 11 is 3.33. The second-order valence-corrected chi connectivity index (χ2v) is 5.05. The molecule has 0 fully saturated rings. The Morgan fingerprint density at radius 2 is 2.00 bits per heavy atom. The average Bonchev–Trinajstić information content (AvgIpc) is 2.37. The lowest BCUT2D eigenvalue weighted by Gasteiger charge is -2.16. The van der Waals surface area contributed by atoms with E-state index in [1.54, 1.807) is 19.2 Å². The number of ether oxygens (including phenoxy) is 2. The van der Waals surface area contributed by atoms with Gasteiger partial charge in [-0.2, -0.15) is 0 Å². The van der Waals surface area contributed by atoms with Crippen LogP contribution in [0.15, 0.2) is 28.7 Å². The summed E-state index contributed by atoms with van der Waals surface area (Å²) < 4.78 is 11.5. The van der Waals surface area contributed by atoms with Gasteiger partial charge in [0, 0.05) is 11.6 Å². The number of carbonyl (C=O) groups excluding carboxylic acids is 1. The van der Waals surface area contributed by atoms with Gasteiger partial charge in [0.25, 0.3) is 0 Å². The number of esters is 1. The topological polar surface area (TPSA) is 35.5 Å². The van der Waals surface area contributed by atoms with Crippen molar-refractivity contribution in [3.63, 3.8) is 0 Å². The van der Waals surface area contributed by atoms with Gasteiger partial charge in [0.05, 0.1) is 12.2 Å². The highest BCUT2D eigenvalue weighted by molar-refractivity contribution is 9.10. The first kappa shape index (κ1) is 15.2. The Hall–Kier alpha value is -0.870. The van der Waals surface area contributed by atoms with Crippen LogP contribution in [0.5, 0.6) is 0 Å². The molecule has 0 aliphatic heterocycles. The summed E-state index contributed by atoms with van der Waals surface area (Å²) in [7, 11) is 1.62. The summed E-state index contributed by atoms with van der Waals surface area (Å²) in [5, 5.41) is 0. The molecule has 1 atom stereocenters. The van der Waals surface area contributed by atoms with Crippen LogP contribution in [-0.2, 0) is 9.47 Å². The average molecular weight is 315 g/mol. The maximum atomic E-state index is 11.9. The number of carbonyl (C=O) groups is 1. The Morgan fingerprint density at radius 1 is 1.33 bits per heavy atom. The quantitative estimate of drug-likeness (QED) is 0.718. The molecule has 0 saturated carbocycles. The van der Waals surface area contributed by atoms with E-state index in [0.717, 1.165) is 23.7 Å². The summed E-state index contributed by atoms with van der Waals surface area (Å²) in [6, 6.07) is 7.15. The lowest BCUT2D eigenvalue weighted by molar-refractivity contribution is 0.00251. The number of rotatable bonds is 7. The van der Waals surface area contributed by atoms with E-state index in [9.17, 15) is 4.79 Å². The van der Waals surface area contributed by atoms with Gasteiger partial charge in [0.2, 0.25) is 0 Å². The van der Waals surface area contributed by atoms with Crippen LogP contribution in [0.3, 0.4) is 0 Å². The van der Waals surface area contributed by atoms with Crippen LogP contribution in [0.1, 0.15) is 36.5 Å². The Balaban J connectivity index is 2.56. The highest BCUT2D eigenvalue weighted by atomic mass is 79.9. The predicted molar refractivity (Wildman–Crippen MR) is 74.7 cm³/mol. The number of hydrogen-bond acceptors (Lipinski definition) is 3. The molecule has 100 valence electrons. The van der Waals surface area contributed by atoms with Crippen LogP contribution >= 0.6 is 15.9 Å². The molecular formula is C14H19BrO3. The summed E-state index contributed by atoms with van der Waals surface area (Å²) in [6.07, 6.45) is 2.79. The molecule has 1 rings (SSSR count). The first-order valence-corrected chi connectivity index (χ1v) is 6.92. The molecule has 1 unspecified atom stereocenters. The molecule has 18 heavy (non-hydrogen) atoms. The van der Waals surface area contributed by atoms with E-state index in [1.165, 1.54) is 0 Å². The Kier molecular flexibility index (Phi) is 6.98. The van der Waals surface area contributed by atoms with Gasteiger partial charge in [-0.15, -0.1) is 0 Å². The monoisotopic (exact) mass is 314 g/mol. The maximum absolute atomic E-state index is 11.9. The SMILES string of the molecule is CCCCC(COC)OC(=O)c1ccc(Br)cc1. The fourth-order valence-electron chi connectivity index (χ4n) is 1.60. The molecule has 0 N–H and O–H groups in total. The molecule has 1 aromatic carbocycles. The van der Waals surface area contributed by atoms with Crippen LogP contribution in [0, 0.1) is 0 Å². The van der Waals surface area contributed by atoms with Crippen molar-refractivity contribution < 1.29 is 14.3 Å². The van der Waals surface area contributed by atoms with E-state index in [-0.39, 0.29) is 12.1 Å². The summed E-state index contributed by atoms with van der Waals surface area (Å²) in [5.41, 5.74) is 0.566. The van der Waals surface area contributed by atoms with Crippen molar-refractivity contribution in [2.45, 2.75) is 32.3 Å². The van der Waals surface area contributed by atoms with Crippen molar-refractivity contribution in [1.29, 1.82) is 0 Å². The van der Waals surface area contributed by atoms with Gasteiger partial charge in [-0.3, -0.25) is 0 Å². The van der Waals surface area contributed by atoms with Crippen molar-refractivity contribution in [2.24, 2.45) is 0 Å². The molecular weight excluding hydrogens is 296 g/mol. The van der Waals surface area contributed by atoms with Crippen LogP contribution < -0.4 is 0 Å².